The van der Waals surface area contributed by atoms with Crippen LogP contribution in [0.3, 0.4) is 0 Å². The molecule has 0 aliphatic heterocycles. The Kier molecular flexibility index (Phi) is 6.24. The van der Waals surface area contributed by atoms with E-state index in [0.29, 0.717) is 10.7 Å². The molecule has 1 aromatic rings. The molecule has 0 aliphatic rings. The topological polar surface area (TPSA) is 67.4 Å². The maximum Gasteiger partial charge on any atom is 0.306 e. The first-order valence-electron chi connectivity index (χ1n) is 5.45. The second-order valence-electron chi connectivity index (χ2n) is 3.56. The summed E-state index contributed by atoms with van der Waals surface area (Å²) in [6.45, 7) is 0. The molecule has 19 heavy (non-hydrogen) atoms. The molecule has 7 heteroatoms. The molecule has 2 N–H and O–H groups in total. The van der Waals surface area contributed by atoms with Gasteiger partial charge in [0.2, 0.25) is 5.91 Å². The molecule has 0 bridgehead atoms. The number of hydrogen-bond donors (Lipinski definition) is 2. The molecule has 0 fully saturated rings. The summed E-state index contributed by atoms with van der Waals surface area (Å²) in [4.78, 5) is 22.3. The molecule has 0 radical (unpaired) electrons. The fourth-order valence-electron chi connectivity index (χ4n) is 1.22. The average molecular weight is 301 g/mol. The number of esters is 1. The van der Waals surface area contributed by atoms with Gasteiger partial charge in [0.1, 0.15) is 0 Å². The third-order valence-corrected chi connectivity index (χ3v) is 2.69. The standard InChI is InChI=1S/C12H13ClN2O3S/c1-18-11(17)7-6-10(16)15-12(19)14-9-5-3-2-4-8(9)13/h2-5H,6-7H2,1H3,(H2,14,15,16,19). The zero-order valence-corrected chi connectivity index (χ0v) is 11.8. The van der Waals surface area contributed by atoms with Gasteiger partial charge in [-0.15, -0.1) is 0 Å². The largest absolute Gasteiger partial charge is 0.469 e. The summed E-state index contributed by atoms with van der Waals surface area (Å²) in [6.07, 6.45) is 0.0219. The van der Waals surface area contributed by atoms with Crippen molar-refractivity contribution in [3.63, 3.8) is 0 Å². The normalized spacial score (nSPS) is 9.58. The van der Waals surface area contributed by atoms with E-state index in [1.54, 1.807) is 24.3 Å². The van der Waals surface area contributed by atoms with Crippen LogP contribution < -0.4 is 10.6 Å². The molecule has 0 unspecified atom stereocenters. The highest BCUT2D eigenvalue weighted by Gasteiger charge is 2.09. The number of halogens is 1. The number of para-hydroxylation sites is 1. The van der Waals surface area contributed by atoms with Crippen molar-refractivity contribution in [1.29, 1.82) is 0 Å². The lowest BCUT2D eigenvalue weighted by molar-refractivity contribution is -0.142. The Morgan fingerprint density at radius 2 is 2.00 bits per heavy atom. The Bertz CT molecular complexity index is 494. The lowest BCUT2D eigenvalue weighted by atomic mass is 10.3. The van der Waals surface area contributed by atoms with Gasteiger partial charge < -0.3 is 15.4 Å². The average Bonchev–Trinajstić information content (AvgIpc) is 2.38. The number of rotatable bonds is 4. The maximum atomic E-state index is 11.5. The maximum absolute atomic E-state index is 11.5. The number of methoxy groups -OCH3 is 1. The van der Waals surface area contributed by atoms with Gasteiger partial charge in [0.15, 0.2) is 5.11 Å². The molecular weight excluding hydrogens is 288 g/mol. The van der Waals surface area contributed by atoms with Crippen LogP contribution in [0.15, 0.2) is 24.3 Å². The highest BCUT2D eigenvalue weighted by atomic mass is 35.5. The third-order valence-electron chi connectivity index (χ3n) is 2.16. The van der Waals surface area contributed by atoms with Crippen LogP contribution in [0.2, 0.25) is 5.02 Å². The Labute approximate surface area is 121 Å². The molecule has 0 aliphatic carbocycles. The van der Waals surface area contributed by atoms with Crippen molar-refractivity contribution in [3.05, 3.63) is 29.3 Å². The minimum Gasteiger partial charge on any atom is -0.469 e. The van der Waals surface area contributed by atoms with Crippen LogP contribution in [0.4, 0.5) is 5.69 Å². The molecule has 0 heterocycles. The minimum absolute atomic E-state index is 0.0109. The van der Waals surface area contributed by atoms with Crippen molar-refractivity contribution in [2.75, 3.05) is 12.4 Å². The molecule has 1 aromatic carbocycles. The molecule has 0 saturated heterocycles. The summed E-state index contributed by atoms with van der Waals surface area (Å²) in [5.74, 6) is -0.810. The number of ether oxygens (including phenoxy) is 1. The molecular formula is C12H13ClN2O3S. The summed E-state index contributed by atoms with van der Waals surface area (Å²) < 4.78 is 4.43. The number of amides is 1. The number of carbonyl (C=O) groups excluding carboxylic acids is 2. The van der Waals surface area contributed by atoms with Gasteiger partial charge in [-0.2, -0.15) is 0 Å². The SMILES string of the molecule is COC(=O)CCC(=O)NC(=S)Nc1ccccc1Cl. The van der Waals surface area contributed by atoms with Crippen LogP contribution in [-0.2, 0) is 14.3 Å². The van der Waals surface area contributed by atoms with E-state index < -0.39 is 5.97 Å². The summed E-state index contributed by atoms with van der Waals surface area (Å²) >= 11 is 10.9. The molecule has 0 saturated carbocycles. The van der Waals surface area contributed by atoms with Gasteiger partial charge in [-0.25, -0.2) is 0 Å². The van der Waals surface area contributed by atoms with Crippen LogP contribution >= 0.6 is 23.8 Å². The molecule has 102 valence electrons. The van der Waals surface area contributed by atoms with Crippen LogP contribution in [0.1, 0.15) is 12.8 Å². The second kappa shape index (κ2) is 7.70. The zero-order chi connectivity index (χ0) is 14.3. The smallest absolute Gasteiger partial charge is 0.306 e. The highest BCUT2D eigenvalue weighted by molar-refractivity contribution is 7.80. The van der Waals surface area contributed by atoms with Gasteiger partial charge in [0, 0.05) is 6.42 Å². The van der Waals surface area contributed by atoms with E-state index in [0.717, 1.165) is 0 Å². The molecule has 0 spiro atoms. The monoisotopic (exact) mass is 300 g/mol. The van der Waals surface area contributed by atoms with Gasteiger partial charge in [-0.1, -0.05) is 23.7 Å². The van der Waals surface area contributed by atoms with Gasteiger partial charge in [-0.05, 0) is 24.4 Å². The minimum atomic E-state index is -0.444. The molecule has 1 amide bonds. The van der Waals surface area contributed by atoms with Gasteiger partial charge in [0.25, 0.3) is 0 Å². The van der Waals surface area contributed by atoms with Gasteiger partial charge in [-0.3, -0.25) is 9.59 Å². The number of nitrogens with one attached hydrogen (secondary N) is 2. The van der Waals surface area contributed by atoms with Gasteiger partial charge in [0.05, 0.1) is 24.2 Å². The molecule has 1 rings (SSSR count). The number of benzene rings is 1. The first kappa shape index (κ1) is 15.4. The van der Waals surface area contributed by atoms with E-state index >= 15 is 0 Å². The van der Waals surface area contributed by atoms with E-state index in [2.05, 4.69) is 15.4 Å². The van der Waals surface area contributed by atoms with E-state index in [1.807, 2.05) is 0 Å². The Morgan fingerprint density at radius 1 is 1.32 bits per heavy atom. The van der Waals surface area contributed by atoms with E-state index in [-0.39, 0.29) is 23.9 Å². The summed E-state index contributed by atoms with van der Waals surface area (Å²) in [5.41, 5.74) is 0.599. The third kappa shape index (κ3) is 5.67. The number of anilines is 1. The van der Waals surface area contributed by atoms with Crippen molar-refractivity contribution < 1.29 is 14.3 Å². The van der Waals surface area contributed by atoms with Crippen molar-refractivity contribution in [1.82, 2.24) is 5.32 Å². The van der Waals surface area contributed by atoms with Crippen molar-refractivity contribution in [3.8, 4) is 0 Å². The van der Waals surface area contributed by atoms with E-state index in [4.69, 9.17) is 23.8 Å². The fraction of sp³-hybridized carbons (Fsp3) is 0.250. The lowest BCUT2D eigenvalue weighted by Crippen LogP contribution is -2.34. The molecule has 5 nitrogen and oxygen atoms in total. The summed E-state index contributed by atoms with van der Waals surface area (Å²) in [5, 5.41) is 5.87. The van der Waals surface area contributed by atoms with Crippen LogP contribution in [-0.4, -0.2) is 24.1 Å². The number of hydrogen-bond acceptors (Lipinski definition) is 4. The highest BCUT2D eigenvalue weighted by Crippen LogP contribution is 2.20. The summed E-state index contributed by atoms with van der Waals surface area (Å²) in [7, 11) is 1.27. The van der Waals surface area contributed by atoms with Crippen LogP contribution in [0.5, 0.6) is 0 Å². The van der Waals surface area contributed by atoms with E-state index in [1.165, 1.54) is 7.11 Å². The van der Waals surface area contributed by atoms with Crippen molar-refractivity contribution in [2.24, 2.45) is 0 Å². The van der Waals surface area contributed by atoms with Crippen LogP contribution in [0.25, 0.3) is 0 Å². The van der Waals surface area contributed by atoms with Crippen LogP contribution in [0, 0.1) is 0 Å². The van der Waals surface area contributed by atoms with Crippen molar-refractivity contribution in [2.45, 2.75) is 12.8 Å². The lowest BCUT2D eigenvalue weighted by Gasteiger charge is -2.10. The van der Waals surface area contributed by atoms with Gasteiger partial charge >= 0.3 is 5.97 Å². The van der Waals surface area contributed by atoms with Crippen molar-refractivity contribution >= 4 is 46.5 Å². The summed E-state index contributed by atoms with van der Waals surface area (Å²) in [6, 6.07) is 7.00. The quantitative estimate of drug-likeness (QED) is 0.658. The second-order valence-corrected chi connectivity index (χ2v) is 4.37. The first-order chi connectivity index (χ1) is 9.02. The number of thiocarbonyl (C=S) groups is 1. The Hall–Kier alpha value is -1.66. The number of carbonyl (C=O) groups is 2. The molecule has 0 atom stereocenters. The zero-order valence-electron chi connectivity index (χ0n) is 10.2. The predicted molar refractivity (Wildman–Crippen MR) is 77.1 cm³/mol. The predicted octanol–water partition coefficient (Wildman–Crippen LogP) is 2.11. The Balaban J connectivity index is 2.41. The molecule has 0 aromatic heterocycles. The fourth-order valence-corrected chi connectivity index (χ4v) is 1.63. The van der Waals surface area contributed by atoms with E-state index in [9.17, 15) is 9.59 Å². The first-order valence-corrected chi connectivity index (χ1v) is 6.23. The Morgan fingerprint density at radius 3 is 2.63 bits per heavy atom.